The number of nitrogens with zero attached hydrogens (tertiary/aromatic N) is 2. The Bertz CT molecular complexity index is 1030. The van der Waals surface area contributed by atoms with Gasteiger partial charge in [-0.3, -0.25) is 9.59 Å². The van der Waals surface area contributed by atoms with Crippen molar-refractivity contribution in [3.8, 4) is 10.9 Å². The molecule has 3 aromatic rings. The van der Waals surface area contributed by atoms with Gasteiger partial charge in [0.2, 0.25) is 5.91 Å². The first-order valence-corrected chi connectivity index (χ1v) is 9.67. The largest absolute Gasteiger partial charge is 0.429 e. The Labute approximate surface area is 164 Å². The molecule has 6 nitrogen and oxygen atoms in total. The molecule has 1 aliphatic rings. The molecule has 0 radical (unpaired) electrons. The maximum Gasteiger partial charge on any atom is 0.278 e. The van der Waals surface area contributed by atoms with Crippen LogP contribution in [0.4, 0.5) is 5.69 Å². The fourth-order valence-electron chi connectivity index (χ4n) is 3.05. The number of hydrogen-bond donors (Lipinski definition) is 1. The van der Waals surface area contributed by atoms with E-state index in [9.17, 15) is 9.59 Å². The predicted octanol–water partition coefficient (Wildman–Crippen LogP) is 4.86. The fourth-order valence-corrected chi connectivity index (χ4v) is 3.93. The standard InChI is InChI=1S/C19H16ClN3O3S/c1-11-10-27-19(21-11)26-17-7-4-12(9-13(17)20)22-18(25)15-5-6-16(24)14-3-2-8-23(14)15/h2-4,7-10,15H,5-6H2,1H3,(H,22,25). The average Bonchev–Trinajstić information content (AvgIpc) is 3.27. The number of carbonyl (C=O) groups is 2. The molecular formula is C19H16ClN3O3S. The van der Waals surface area contributed by atoms with Gasteiger partial charge in [-0.25, -0.2) is 4.98 Å². The van der Waals surface area contributed by atoms with Gasteiger partial charge in [0.25, 0.3) is 5.19 Å². The number of fused-ring (bicyclic) bond motifs is 1. The van der Waals surface area contributed by atoms with Crippen molar-refractivity contribution in [1.29, 1.82) is 0 Å². The first kappa shape index (κ1) is 17.8. The van der Waals surface area contributed by atoms with Gasteiger partial charge in [0.05, 0.1) is 16.4 Å². The van der Waals surface area contributed by atoms with E-state index in [2.05, 4.69) is 10.3 Å². The van der Waals surface area contributed by atoms with Gasteiger partial charge in [0.15, 0.2) is 5.78 Å². The van der Waals surface area contributed by atoms with E-state index in [0.29, 0.717) is 40.2 Å². The highest BCUT2D eigenvalue weighted by atomic mass is 35.5. The highest BCUT2D eigenvalue weighted by Crippen LogP contribution is 2.33. The summed E-state index contributed by atoms with van der Waals surface area (Å²) in [6, 6.07) is 8.16. The van der Waals surface area contributed by atoms with Gasteiger partial charge < -0.3 is 14.6 Å². The van der Waals surface area contributed by atoms with E-state index < -0.39 is 6.04 Å². The minimum Gasteiger partial charge on any atom is -0.429 e. The summed E-state index contributed by atoms with van der Waals surface area (Å²) < 4.78 is 7.40. The Morgan fingerprint density at radius 2 is 2.26 bits per heavy atom. The zero-order valence-corrected chi connectivity index (χ0v) is 16.0. The molecule has 0 saturated carbocycles. The van der Waals surface area contributed by atoms with Crippen molar-refractivity contribution < 1.29 is 14.3 Å². The lowest BCUT2D eigenvalue weighted by molar-refractivity contribution is -0.119. The Morgan fingerprint density at radius 1 is 1.41 bits per heavy atom. The number of hydrogen-bond acceptors (Lipinski definition) is 5. The zero-order chi connectivity index (χ0) is 19.0. The van der Waals surface area contributed by atoms with E-state index in [1.165, 1.54) is 11.3 Å². The molecule has 0 bridgehead atoms. The number of halogens is 1. The Morgan fingerprint density at radius 3 is 3.00 bits per heavy atom. The molecule has 4 rings (SSSR count). The molecule has 1 unspecified atom stereocenters. The van der Waals surface area contributed by atoms with Crippen LogP contribution in [0.15, 0.2) is 41.9 Å². The molecule has 0 aliphatic carbocycles. The van der Waals surface area contributed by atoms with Gasteiger partial charge >= 0.3 is 0 Å². The molecule has 1 atom stereocenters. The number of aromatic nitrogens is 2. The fraction of sp³-hybridized carbons (Fsp3) is 0.211. The molecule has 138 valence electrons. The molecule has 1 N–H and O–H groups in total. The number of carbonyl (C=O) groups excluding carboxylic acids is 2. The summed E-state index contributed by atoms with van der Waals surface area (Å²) in [5.41, 5.74) is 2.02. The highest BCUT2D eigenvalue weighted by Gasteiger charge is 2.29. The van der Waals surface area contributed by atoms with Gasteiger partial charge in [-0.05, 0) is 43.7 Å². The Hall–Kier alpha value is -2.64. The van der Waals surface area contributed by atoms with Crippen LogP contribution in [0.25, 0.3) is 0 Å². The number of nitrogens with one attached hydrogen (secondary N) is 1. The lowest BCUT2D eigenvalue weighted by Crippen LogP contribution is -2.31. The summed E-state index contributed by atoms with van der Waals surface area (Å²) in [5.74, 6) is 0.353. The van der Waals surface area contributed by atoms with Gasteiger partial charge in [0.1, 0.15) is 11.8 Å². The van der Waals surface area contributed by atoms with Crippen molar-refractivity contribution in [2.75, 3.05) is 5.32 Å². The molecule has 2 aromatic heterocycles. The number of aryl methyl sites for hydroxylation is 1. The number of amides is 1. The minimum absolute atomic E-state index is 0.0611. The van der Waals surface area contributed by atoms with Gasteiger partial charge in [0, 0.05) is 23.7 Å². The van der Waals surface area contributed by atoms with E-state index in [1.54, 1.807) is 41.1 Å². The highest BCUT2D eigenvalue weighted by molar-refractivity contribution is 7.11. The second kappa shape index (κ2) is 7.17. The molecule has 3 heterocycles. The van der Waals surface area contributed by atoms with E-state index >= 15 is 0 Å². The molecule has 0 fully saturated rings. The van der Waals surface area contributed by atoms with Gasteiger partial charge in [-0.15, -0.1) is 0 Å². The molecule has 0 spiro atoms. The smallest absolute Gasteiger partial charge is 0.278 e. The van der Waals surface area contributed by atoms with E-state index in [-0.39, 0.29) is 11.7 Å². The van der Waals surface area contributed by atoms with E-state index in [1.807, 2.05) is 12.3 Å². The summed E-state index contributed by atoms with van der Waals surface area (Å²) in [5, 5.41) is 5.65. The molecule has 1 aliphatic heterocycles. The summed E-state index contributed by atoms with van der Waals surface area (Å²) in [6.45, 7) is 1.89. The molecular weight excluding hydrogens is 386 g/mol. The predicted molar refractivity (Wildman–Crippen MR) is 104 cm³/mol. The number of Topliss-reactive ketones (excluding diaryl/α,β-unsaturated/α-hetero) is 1. The van der Waals surface area contributed by atoms with Crippen molar-refractivity contribution in [3.63, 3.8) is 0 Å². The third-order valence-electron chi connectivity index (χ3n) is 4.34. The Balaban J connectivity index is 1.48. The molecule has 1 amide bonds. The number of ketones is 1. The van der Waals surface area contributed by atoms with Crippen LogP contribution >= 0.6 is 22.9 Å². The van der Waals surface area contributed by atoms with Crippen LogP contribution in [0.3, 0.4) is 0 Å². The SMILES string of the molecule is Cc1csc(Oc2ccc(NC(=O)C3CCC(=O)c4cccn43)cc2Cl)n1. The van der Waals surface area contributed by atoms with Crippen LogP contribution in [0.5, 0.6) is 10.9 Å². The molecule has 1 aromatic carbocycles. The number of benzene rings is 1. The molecule has 8 heteroatoms. The maximum atomic E-state index is 12.7. The van der Waals surface area contributed by atoms with Crippen LogP contribution in [-0.2, 0) is 4.79 Å². The summed E-state index contributed by atoms with van der Waals surface area (Å²) in [6.07, 6.45) is 2.60. The van der Waals surface area contributed by atoms with Crippen molar-refractivity contribution in [2.45, 2.75) is 25.8 Å². The zero-order valence-electron chi connectivity index (χ0n) is 14.4. The lowest BCUT2D eigenvalue weighted by atomic mass is 10.0. The van der Waals surface area contributed by atoms with E-state index in [0.717, 1.165) is 5.69 Å². The van der Waals surface area contributed by atoms with Crippen molar-refractivity contribution in [2.24, 2.45) is 0 Å². The monoisotopic (exact) mass is 401 g/mol. The quantitative estimate of drug-likeness (QED) is 0.677. The van der Waals surface area contributed by atoms with Crippen LogP contribution in [0, 0.1) is 6.92 Å². The number of rotatable bonds is 4. The van der Waals surface area contributed by atoms with Gasteiger partial charge in [-0.2, -0.15) is 0 Å². The normalized spacial score (nSPS) is 16.1. The van der Waals surface area contributed by atoms with Crippen molar-refractivity contribution >= 4 is 40.3 Å². The second-order valence-corrected chi connectivity index (χ2v) is 7.50. The van der Waals surface area contributed by atoms with Gasteiger partial charge in [-0.1, -0.05) is 22.9 Å². The number of anilines is 1. The summed E-state index contributed by atoms with van der Waals surface area (Å²) in [7, 11) is 0. The average molecular weight is 402 g/mol. The lowest BCUT2D eigenvalue weighted by Gasteiger charge is -2.24. The van der Waals surface area contributed by atoms with E-state index in [4.69, 9.17) is 16.3 Å². The second-order valence-electron chi connectivity index (χ2n) is 6.27. The topological polar surface area (TPSA) is 73.2 Å². The maximum absolute atomic E-state index is 12.7. The summed E-state index contributed by atoms with van der Waals surface area (Å²) >= 11 is 7.68. The third-order valence-corrected chi connectivity index (χ3v) is 5.47. The molecule has 27 heavy (non-hydrogen) atoms. The molecule has 0 saturated heterocycles. The van der Waals surface area contributed by atoms with Crippen LogP contribution < -0.4 is 10.1 Å². The van der Waals surface area contributed by atoms with Crippen LogP contribution in [0.1, 0.15) is 35.1 Å². The van der Waals surface area contributed by atoms with Crippen LogP contribution in [-0.4, -0.2) is 21.2 Å². The minimum atomic E-state index is -0.416. The van der Waals surface area contributed by atoms with Crippen molar-refractivity contribution in [3.05, 3.63) is 58.3 Å². The number of thiazole rings is 1. The first-order valence-electron chi connectivity index (χ1n) is 8.42. The first-order chi connectivity index (χ1) is 13.0. The third kappa shape index (κ3) is 3.61. The Kier molecular flexibility index (Phi) is 4.72. The number of ether oxygens (including phenoxy) is 1. The van der Waals surface area contributed by atoms with Crippen molar-refractivity contribution in [1.82, 2.24) is 9.55 Å². The van der Waals surface area contributed by atoms with Crippen LogP contribution in [0.2, 0.25) is 5.02 Å². The summed E-state index contributed by atoms with van der Waals surface area (Å²) in [4.78, 5) is 28.9.